The molecular weight excluding hydrogens is 282 g/mol. The van der Waals surface area contributed by atoms with Crippen LogP contribution in [0.25, 0.3) is 0 Å². The number of anilines is 2. The van der Waals surface area contributed by atoms with Crippen LogP contribution < -0.4 is 11.1 Å². The number of hydrogen-bond donors (Lipinski definition) is 4. The van der Waals surface area contributed by atoms with Gasteiger partial charge in [0.05, 0.1) is 17.9 Å². The van der Waals surface area contributed by atoms with Crippen molar-refractivity contribution in [3.05, 3.63) is 11.8 Å². The number of aliphatic hydroxyl groups excluding tert-OH is 2. The number of nitrogens with one attached hydrogen (secondary N) is 1. The molecule has 0 unspecified atom stereocenters. The van der Waals surface area contributed by atoms with Crippen molar-refractivity contribution >= 4 is 11.8 Å². The minimum Gasteiger partial charge on any atom is -0.393 e. The van der Waals surface area contributed by atoms with E-state index >= 15 is 0 Å². The number of aliphatic hydroxyl groups is 2. The largest absolute Gasteiger partial charge is 0.393 e. The van der Waals surface area contributed by atoms with Gasteiger partial charge in [0.15, 0.2) is 0 Å². The van der Waals surface area contributed by atoms with Crippen LogP contribution >= 0.6 is 0 Å². The Morgan fingerprint density at radius 3 is 2.59 bits per heavy atom. The monoisotopic (exact) mass is 307 g/mol. The first kappa shape index (κ1) is 15.5. The van der Waals surface area contributed by atoms with Crippen molar-refractivity contribution < 1.29 is 10.2 Å². The van der Waals surface area contributed by atoms with Gasteiger partial charge in [-0.1, -0.05) is 0 Å². The van der Waals surface area contributed by atoms with Crippen LogP contribution in [0, 0.1) is 0 Å². The second kappa shape index (κ2) is 6.76. The standard InChI is InChI=1S/C15H25N5O2/c16-15-18-13(10-7-12(22)8-10)9-14(19-15)17-3-6-20-4-1-11(21)2-5-20/h9-12,21-22H,1-8H2,(H3,16,17,18,19). The smallest absolute Gasteiger partial charge is 0.222 e. The number of nitrogen functional groups attached to an aromatic ring is 1. The van der Waals surface area contributed by atoms with Crippen molar-refractivity contribution in [1.82, 2.24) is 14.9 Å². The van der Waals surface area contributed by atoms with Gasteiger partial charge in [0.1, 0.15) is 5.82 Å². The predicted octanol–water partition coefficient (Wildman–Crippen LogP) is 0.166. The van der Waals surface area contributed by atoms with Crippen molar-refractivity contribution in [3.8, 4) is 0 Å². The summed E-state index contributed by atoms with van der Waals surface area (Å²) in [5.41, 5.74) is 6.70. The first-order valence-electron chi connectivity index (χ1n) is 8.07. The van der Waals surface area contributed by atoms with Gasteiger partial charge in [-0.05, 0) is 25.7 Å². The summed E-state index contributed by atoms with van der Waals surface area (Å²) in [4.78, 5) is 10.8. The van der Waals surface area contributed by atoms with Crippen LogP contribution in [-0.4, -0.2) is 63.5 Å². The first-order chi connectivity index (χ1) is 10.6. The molecule has 0 spiro atoms. The molecule has 2 aliphatic rings. The zero-order valence-corrected chi connectivity index (χ0v) is 12.8. The van der Waals surface area contributed by atoms with E-state index in [9.17, 15) is 10.2 Å². The third-order valence-electron chi connectivity index (χ3n) is 4.59. The van der Waals surface area contributed by atoms with Gasteiger partial charge < -0.3 is 26.2 Å². The van der Waals surface area contributed by atoms with Crippen molar-refractivity contribution in [2.75, 3.05) is 37.2 Å². The number of rotatable bonds is 5. The number of hydrogen-bond acceptors (Lipinski definition) is 7. The Balaban J connectivity index is 1.49. The fourth-order valence-corrected chi connectivity index (χ4v) is 3.10. The average molecular weight is 307 g/mol. The summed E-state index contributed by atoms with van der Waals surface area (Å²) in [6, 6.07) is 1.94. The van der Waals surface area contributed by atoms with E-state index in [0.717, 1.165) is 63.4 Å². The minimum absolute atomic E-state index is 0.133. The molecule has 0 bridgehead atoms. The van der Waals surface area contributed by atoms with E-state index in [1.165, 1.54) is 0 Å². The van der Waals surface area contributed by atoms with E-state index < -0.39 is 0 Å². The molecule has 3 rings (SSSR count). The fraction of sp³-hybridized carbons (Fsp3) is 0.733. The number of aromatic nitrogens is 2. The number of nitrogens with zero attached hydrogens (tertiary/aromatic N) is 3. The molecule has 5 N–H and O–H groups in total. The highest BCUT2D eigenvalue weighted by Crippen LogP contribution is 2.36. The molecule has 1 aliphatic heterocycles. The first-order valence-corrected chi connectivity index (χ1v) is 8.07. The second-order valence-electron chi connectivity index (χ2n) is 6.36. The molecule has 2 fully saturated rings. The number of nitrogens with two attached hydrogens (primary N) is 1. The summed E-state index contributed by atoms with van der Waals surface area (Å²) in [6.45, 7) is 3.60. The molecule has 1 saturated heterocycles. The second-order valence-corrected chi connectivity index (χ2v) is 6.36. The van der Waals surface area contributed by atoms with E-state index in [2.05, 4.69) is 20.2 Å². The normalized spacial score (nSPS) is 26.6. The van der Waals surface area contributed by atoms with Gasteiger partial charge in [0, 0.05) is 38.2 Å². The van der Waals surface area contributed by atoms with Gasteiger partial charge >= 0.3 is 0 Å². The molecule has 1 aromatic rings. The Morgan fingerprint density at radius 2 is 1.91 bits per heavy atom. The molecule has 0 aromatic carbocycles. The fourth-order valence-electron chi connectivity index (χ4n) is 3.10. The third-order valence-corrected chi connectivity index (χ3v) is 4.59. The van der Waals surface area contributed by atoms with Crippen molar-refractivity contribution in [1.29, 1.82) is 0 Å². The highest BCUT2D eigenvalue weighted by molar-refractivity contribution is 5.42. The maximum absolute atomic E-state index is 9.50. The molecule has 7 nitrogen and oxygen atoms in total. The lowest BCUT2D eigenvalue weighted by Crippen LogP contribution is -2.38. The molecule has 0 radical (unpaired) electrons. The Hall–Kier alpha value is -1.44. The van der Waals surface area contributed by atoms with E-state index in [1.54, 1.807) is 0 Å². The molecule has 1 aromatic heterocycles. The molecule has 7 heteroatoms. The molecular formula is C15H25N5O2. The van der Waals surface area contributed by atoms with Crippen molar-refractivity contribution in [2.45, 2.75) is 43.8 Å². The van der Waals surface area contributed by atoms with Crippen molar-refractivity contribution in [3.63, 3.8) is 0 Å². The SMILES string of the molecule is Nc1nc(NCCN2CCC(O)CC2)cc(C2CC(O)C2)n1. The van der Waals surface area contributed by atoms with Crippen molar-refractivity contribution in [2.24, 2.45) is 0 Å². The van der Waals surface area contributed by atoms with Crippen LogP contribution in [0.15, 0.2) is 6.07 Å². The molecule has 0 amide bonds. The summed E-state index contributed by atoms with van der Waals surface area (Å²) < 4.78 is 0. The summed E-state index contributed by atoms with van der Waals surface area (Å²) in [7, 11) is 0. The van der Waals surface area contributed by atoms with Crippen LogP contribution in [0.5, 0.6) is 0 Å². The van der Waals surface area contributed by atoms with E-state index in [4.69, 9.17) is 5.73 Å². The number of likely N-dealkylation sites (tertiary alicyclic amines) is 1. The van der Waals surface area contributed by atoms with Gasteiger partial charge in [0.2, 0.25) is 5.95 Å². The molecule has 1 saturated carbocycles. The van der Waals surface area contributed by atoms with Gasteiger partial charge in [-0.2, -0.15) is 4.98 Å². The van der Waals surface area contributed by atoms with Crippen LogP contribution in [-0.2, 0) is 0 Å². The van der Waals surface area contributed by atoms with Gasteiger partial charge in [0.25, 0.3) is 0 Å². The molecule has 122 valence electrons. The Kier molecular flexibility index (Phi) is 4.75. The van der Waals surface area contributed by atoms with Gasteiger partial charge in [-0.3, -0.25) is 0 Å². The quantitative estimate of drug-likeness (QED) is 0.614. The summed E-state index contributed by atoms with van der Waals surface area (Å²) in [6.07, 6.45) is 2.89. The Labute approximate surface area is 130 Å². The van der Waals surface area contributed by atoms with Gasteiger partial charge in [-0.25, -0.2) is 4.98 Å². The lowest BCUT2D eigenvalue weighted by Gasteiger charge is -2.31. The van der Waals surface area contributed by atoms with E-state index in [0.29, 0.717) is 5.92 Å². The predicted molar refractivity (Wildman–Crippen MR) is 84.6 cm³/mol. The van der Waals surface area contributed by atoms with E-state index in [1.807, 2.05) is 6.07 Å². The highest BCUT2D eigenvalue weighted by atomic mass is 16.3. The lowest BCUT2D eigenvalue weighted by molar-refractivity contribution is 0.0732. The Bertz CT molecular complexity index is 499. The summed E-state index contributed by atoms with van der Waals surface area (Å²) in [5.74, 6) is 1.33. The Morgan fingerprint density at radius 1 is 1.18 bits per heavy atom. The number of piperidine rings is 1. The zero-order valence-electron chi connectivity index (χ0n) is 12.8. The lowest BCUT2D eigenvalue weighted by atomic mass is 9.80. The van der Waals surface area contributed by atoms with E-state index in [-0.39, 0.29) is 18.2 Å². The van der Waals surface area contributed by atoms with Crippen LogP contribution in [0.3, 0.4) is 0 Å². The highest BCUT2D eigenvalue weighted by Gasteiger charge is 2.30. The third kappa shape index (κ3) is 3.85. The molecule has 0 atom stereocenters. The molecule has 2 heterocycles. The van der Waals surface area contributed by atoms with Crippen LogP contribution in [0.2, 0.25) is 0 Å². The molecule has 1 aliphatic carbocycles. The van der Waals surface area contributed by atoms with Gasteiger partial charge in [-0.15, -0.1) is 0 Å². The van der Waals surface area contributed by atoms with Crippen LogP contribution in [0.1, 0.15) is 37.3 Å². The topological polar surface area (TPSA) is 108 Å². The average Bonchev–Trinajstić information content (AvgIpc) is 2.45. The maximum Gasteiger partial charge on any atom is 0.222 e. The summed E-state index contributed by atoms with van der Waals surface area (Å²) in [5, 5.41) is 22.2. The van der Waals surface area contributed by atoms with Crippen LogP contribution in [0.4, 0.5) is 11.8 Å². The maximum atomic E-state index is 9.50. The summed E-state index contributed by atoms with van der Waals surface area (Å²) >= 11 is 0. The zero-order chi connectivity index (χ0) is 15.5. The molecule has 22 heavy (non-hydrogen) atoms. The minimum atomic E-state index is -0.202.